The SMILES string of the molecule is Cc1cc2c(cc1C1(c3ccc(Cn4c(O)c[nH]c4=O)cc3)CC1)C(C)(C)CCC2(C)C. The lowest BCUT2D eigenvalue weighted by Crippen LogP contribution is -2.34. The highest BCUT2D eigenvalue weighted by atomic mass is 16.3. The number of hydrogen-bond acceptors (Lipinski definition) is 2. The van der Waals surface area contributed by atoms with Gasteiger partial charge in [-0.2, -0.15) is 0 Å². The number of imidazole rings is 1. The fourth-order valence-electron chi connectivity index (χ4n) is 5.73. The Hall–Kier alpha value is -2.75. The van der Waals surface area contributed by atoms with Gasteiger partial charge >= 0.3 is 5.69 Å². The van der Waals surface area contributed by atoms with Crippen molar-refractivity contribution in [1.29, 1.82) is 0 Å². The Balaban J connectivity index is 1.51. The first-order valence-corrected chi connectivity index (χ1v) is 11.8. The summed E-state index contributed by atoms with van der Waals surface area (Å²) in [6.07, 6.45) is 6.14. The van der Waals surface area contributed by atoms with Crippen LogP contribution in [0.5, 0.6) is 5.88 Å². The molecule has 2 N–H and O–H groups in total. The zero-order chi connectivity index (χ0) is 22.9. The molecular weight excluding hydrogens is 396 g/mol. The lowest BCUT2D eigenvalue weighted by Gasteiger charge is -2.43. The van der Waals surface area contributed by atoms with Crippen molar-refractivity contribution in [2.24, 2.45) is 0 Å². The molecular formula is C28H34N2O2. The number of aromatic hydroxyl groups is 1. The number of nitrogens with one attached hydrogen (secondary N) is 1. The summed E-state index contributed by atoms with van der Waals surface area (Å²) in [4.78, 5) is 14.4. The average molecular weight is 431 g/mol. The van der Waals surface area contributed by atoms with E-state index in [1.807, 2.05) is 0 Å². The van der Waals surface area contributed by atoms with Crippen LogP contribution in [0.3, 0.4) is 0 Å². The number of H-pyrrole nitrogens is 1. The smallest absolute Gasteiger partial charge is 0.328 e. The van der Waals surface area contributed by atoms with E-state index in [-0.39, 0.29) is 27.8 Å². The van der Waals surface area contributed by atoms with Crippen LogP contribution in [0.4, 0.5) is 0 Å². The summed E-state index contributed by atoms with van der Waals surface area (Å²) in [5.74, 6) is -0.0343. The van der Waals surface area contributed by atoms with E-state index < -0.39 is 0 Å². The van der Waals surface area contributed by atoms with Crippen LogP contribution in [0, 0.1) is 6.92 Å². The first kappa shape index (κ1) is 21.1. The second-order valence-electron chi connectivity index (χ2n) is 11.3. The van der Waals surface area contributed by atoms with Crippen LogP contribution in [0.1, 0.15) is 86.8 Å². The van der Waals surface area contributed by atoms with Gasteiger partial charge in [0.25, 0.3) is 0 Å². The molecule has 1 saturated carbocycles. The van der Waals surface area contributed by atoms with Crippen molar-refractivity contribution in [2.75, 3.05) is 0 Å². The lowest BCUT2D eigenvalue weighted by atomic mass is 9.62. The quantitative estimate of drug-likeness (QED) is 0.560. The molecule has 2 aromatic carbocycles. The third-order valence-electron chi connectivity index (χ3n) is 8.16. The number of fused-ring (bicyclic) bond motifs is 1. The minimum atomic E-state index is -0.291. The fraction of sp³-hybridized carbons (Fsp3) is 0.464. The molecule has 1 heterocycles. The summed E-state index contributed by atoms with van der Waals surface area (Å²) in [6.45, 7) is 12.2. The number of aromatic nitrogens is 2. The highest BCUT2D eigenvalue weighted by Gasteiger charge is 2.48. The van der Waals surface area contributed by atoms with E-state index in [1.54, 1.807) is 0 Å². The van der Waals surface area contributed by atoms with Crippen LogP contribution in [0.15, 0.2) is 47.4 Å². The van der Waals surface area contributed by atoms with Crippen molar-refractivity contribution in [3.05, 3.63) is 86.5 Å². The highest BCUT2D eigenvalue weighted by molar-refractivity contribution is 5.55. The normalized spacial score (nSPS) is 20.0. The largest absolute Gasteiger partial charge is 0.493 e. The molecule has 3 aromatic rings. The molecule has 5 rings (SSSR count). The molecule has 0 radical (unpaired) electrons. The third-order valence-corrected chi connectivity index (χ3v) is 8.16. The number of hydrogen-bond donors (Lipinski definition) is 2. The summed E-state index contributed by atoms with van der Waals surface area (Å²) in [5.41, 5.74) is 8.54. The summed E-state index contributed by atoms with van der Waals surface area (Å²) in [7, 11) is 0. The van der Waals surface area contributed by atoms with E-state index >= 15 is 0 Å². The number of rotatable bonds is 4. The Labute approximate surface area is 190 Å². The van der Waals surface area contributed by atoms with Crippen molar-refractivity contribution < 1.29 is 5.11 Å². The summed E-state index contributed by atoms with van der Waals surface area (Å²) in [5, 5.41) is 9.87. The van der Waals surface area contributed by atoms with Gasteiger partial charge in [-0.3, -0.25) is 4.57 Å². The van der Waals surface area contributed by atoms with Gasteiger partial charge in [0, 0.05) is 5.41 Å². The molecule has 2 aliphatic rings. The minimum absolute atomic E-state index is 0.0343. The monoisotopic (exact) mass is 430 g/mol. The topological polar surface area (TPSA) is 58.0 Å². The second-order valence-corrected chi connectivity index (χ2v) is 11.3. The highest BCUT2D eigenvalue weighted by Crippen LogP contribution is 2.56. The molecule has 0 amide bonds. The molecule has 0 unspecified atom stereocenters. The van der Waals surface area contributed by atoms with Gasteiger partial charge in [-0.25, -0.2) is 4.79 Å². The minimum Gasteiger partial charge on any atom is -0.493 e. The molecule has 32 heavy (non-hydrogen) atoms. The third kappa shape index (κ3) is 3.23. The van der Waals surface area contributed by atoms with Crippen molar-refractivity contribution in [1.82, 2.24) is 9.55 Å². The maximum Gasteiger partial charge on any atom is 0.328 e. The van der Waals surface area contributed by atoms with E-state index in [1.165, 1.54) is 64.3 Å². The average Bonchev–Trinajstić information content (AvgIpc) is 3.49. The summed E-state index contributed by atoms with van der Waals surface area (Å²) < 4.78 is 1.35. The van der Waals surface area contributed by atoms with Crippen LogP contribution < -0.4 is 5.69 Å². The van der Waals surface area contributed by atoms with Crippen LogP contribution >= 0.6 is 0 Å². The molecule has 0 spiro atoms. The van der Waals surface area contributed by atoms with Crippen molar-refractivity contribution in [3.8, 4) is 5.88 Å². The van der Waals surface area contributed by atoms with E-state index in [9.17, 15) is 9.90 Å². The predicted molar refractivity (Wildman–Crippen MR) is 129 cm³/mol. The van der Waals surface area contributed by atoms with Gasteiger partial charge in [0.1, 0.15) is 0 Å². The standard InChI is InChI=1S/C28H34N2O2/c1-18-14-22-23(27(4,5)11-10-26(22,2)3)15-21(18)28(12-13-28)20-8-6-19(7-9-20)17-30-24(31)16-29-25(30)32/h6-9,14-16,31H,10-13,17H2,1-5H3,(H,29,32). The molecule has 0 saturated heterocycles. The Morgan fingerprint density at radius 3 is 2.03 bits per heavy atom. The molecule has 2 aliphatic carbocycles. The fourth-order valence-corrected chi connectivity index (χ4v) is 5.73. The van der Waals surface area contributed by atoms with Gasteiger partial charge in [-0.1, -0.05) is 64.1 Å². The van der Waals surface area contributed by atoms with Crippen molar-refractivity contribution >= 4 is 0 Å². The molecule has 1 fully saturated rings. The Bertz CT molecular complexity index is 1240. The van der Waals surface area contributed by atoms with E-state index in [0.717, 1.165) is 5.56 Å². The zero-order valence-corrected chi connectivity index (χ0v) is 19.9. The van der Waals surface area contributed by atoms with E-state index in [2.05, 4.69) is 76.0 Å². The summed E-state index contributed by atoms with van der Waals surface area (Å²) in [6, 6.07) is 13.6. The van der Waals surface area contributed by atoms with Gasteiger partial charge in [0.15, 0.2) is 0 Å². The van der Waals surface area contributed by atoms with Crippen LogP contribution in [0.2, 0.25) is 0 Å². The number of nitrogens with zero attached hydrogens (tertiary/aromatic N) is 1. The van der Waals surface area contributed by atoms with Crippen molar-refractivity contribution in [2.45, 2.75) is 83.1 Å². The number of benzene rings is 2. The lowest BCUT2D eigenvalue weighted by molar-refractivity contribution is 0.331. The first-order chi connectivity index (χ1) is 15.0. The maximum atomic E-state index is 11.9. The second kappa shape index (κ2) is 6.87. The molecule has 0 bridgehead atoms. The van der Waals surface area contributed by atoms with Gasteiger partial charge in [0.05, 0.1) is 12.7 Å². The molecule has 4 nitrogen and oxygen atoms in total. The van der Waals surface area contributed by atoms with E-state index in [4.69, 9.17) is 0 Å². The molecule has 0 aliphatic heterocycles. The predicted octanol–water partition coefficient (Wildman–Crippen LogP) is 5.67. The van der Waals surface area contributed by atoms with Crippen LogP contribution in [-0.4, -0.2) is 14.7 Å². The molecule has 1 aromatic heterocycles. The van der Waals surface area contributed by atoms with Crippen LogP contribution in [-0.2, 0) is 22.8 Å². The van der Waals surface area contributed by atoms with Gasteiger partial charge in [0.2, 0.25) is 5.88 Å². The number of aromatic amines is 1. The molecule has 168 valence electrons. The Morgan fingerprint density at radius 1 is 0.906 bits per heavy atom. The van der Waals surface area contributed by atoms with Gasteiger partial charge in [-0.15, -0.1) is 0 Å². The Kier molecular flexibility index (Phi) is 4.53. The van der Waals surface area contributed by atoms with Gasteiger partial charge < -0.3 is 10.1 Å². The maximum absolute atomic E-state index is 11.9. The van der Waals surface area contributed by atoms with Gasteiger partial charge in [-0.05, 0) is 76.8 Å². The first-order valence-electron chi connectivity index (χ1n) is 11.8. The van der Waals surface area contributed by atoms with Crippen molar-refractivity contribution in [3.63, 3.8) is 0 Å². The van der Waals surface area contributed by atoms with Crippen LogP contribution in [0.25, 0.3) is 0 Å². The zero-order valence-electron chi connectivity index (χ0n) is 19.9. The summed E-state index contributed by atoms with van der Waals surface area (Å²) >= 11 is 0. The Morgan fingerprint density at radius 2 is 1.50 bits per heavy atom. The molecule has 4 heteroatoms. The molecule has 0 atom stereocenters. The van der Waals surface area contributed by atoms with E-state index in [0.29, 0.717) is 6.54 Å². The number of aryl methyl sites for hydroxylation is 1.